The fourth-order valence-corrected chi connectivity index (χ4v) is 4.93. The minimum Gasteiger partial charge on any atom is -0.351 e. The second kappa shape index (κ2) is 11.7. The van der Waals surface area contributed by atoms with Gasteiger partial charge in [-0.2, -0.15) is 0 Å². The van der Waals surface area contributed by atoms with Crippen molar-refractivity contribution in [3.63, 3.8) is 0 Å². The van der Waals surface area contributed by atoms with E-state index >= 15 is 0 Å². The van der Waals surface area contributed by atoms with Crippen LogP contribution in [0.3, 0.4) is 0 Å². The Morgan fingerprint density at radius 3 is 2.45 bits per heavy atom. The van der Waals surface area contributed by atoms with Crippen molar-refractivity contribution in [1.29, 1.82) is 0 Å². The maximum Gasteiger partial charge on any atom is 0.247 e. The Hall–Kier alpha value is -1.81. The summed E-state index contributed by atoms with van der Waals surface area (Å²) in [6.45, 7) is 4.82. The topological polar surface area (TPSA) is 49.4 Å². The zero-order valence-corrected chi connectivity index (χ0v) is 19.8. The first-order valence-electron chi connectivity index (χ1n) is 11.9. The van der Waals surface area contributed by atoms with Crippen LogP contribution >= 0.6 is 11.6 Å². The highest BCUT2D eigenvalue weighted by atomic mass is 35.5. The van der Waals surface area contributed by atoms with Gasteiger partial charge in [-0.25, -0.2) is 0 Å². The molecule has 2 amide bonds. The number of hydrogen-bond donors (Lipinski definition) is 1. The molecule has 31 heavy (non-hydrogen) atoms. The van der Waals surface area contributed by atoms with Gasteiger partial charge >= 0.3 is 0 Å². The predicted octanol–water partition coefficient (Wildman–Crippen LogP) is 5.69. The first kappa shape index (κ1) is 23.8. The summed E-state index contributed by atoms with van der Waals surface area (Å²) < 4.78 is 0. The molecular formula is C26H37ClN2O2. The highest BCUT2D eigenvalue weighted by molar-refractivity contribution is 6.27. The zero-order chi connectivity index (χ0) is 22.2. The second-order valence-electron chi connectivity index (χ2n) is 9.36. The summed E-state index contributed by atoms with van der Waals surface area (Å²) in [6.07, 6.45) is 12.0. The maximum atomic E-state index is 13.5. The number of alkyl halides is 1. The molecule has 0 unspecified atom stereocenters. The number of benzene rings is 1. The molecule has 3 rings (SSSR count). The Morgan fingerprint density at radius 2 is 1.84 bits per heavy atom. The molecule has 0 bridgehead atoms. The molecule has 5 heteroatoms. The third-order valence-electron chi connectivity index (χ3n) is 6.81. The quantitative estimate of drug-likeness (QED) is 0.413. The van der Waals surface area contributed by atoms with Gasteiger partial charge < -0.3 is 10.2 Å². The van der Waals surface area contributed by atoms with E-state index in [4.69, 9.17) is 11.6 Å². The van der Waals surface area contributed by atoms with Gasteiger partial charge in [0.1, 0.15) is 11.9 Å². The molecular weight excluding hydrogens is 408 g/mol. The van der Waals surface area contributed by atoms with Crippen molar-refractivity contribution in [2.45, 2.75) is 83.7 Å². The van der Waals surface area contributed by atoms with Crippen molar-refractivity contribution in [2.24, 2.45) is 5.92 Å². The van der Waals surface area contributed by atoms with Crippen LogP contribution < -0.4 is 5.32 Å². The monoisotopic (exact) mass is 444 g/mol. The van der Waals surface area contributed by atoms with E-state index in [2.05, 4.69) is 18.3 Å². The molecule has 0 aromatic heterocycles. The number of carbonyl (C=O) groups is 2. The number of rotatable bonds is 8. The molecule has 1 N–H and O–H groups in total. The molecule has 0 spiro atoms. The Morgan fingerprint density at radius 1 is 1.13 bits per heavy atom. The lowest BCUT2D eigenvalue weighted by Gasteiger charge is -2.34. The fraction of sp³-hybridized carbons (Fsp3) is 0.615. The van der Waals surface area contributed by atoms with Crippen molar-refractivity contribution in [3.8, 4) is 0 Å². The summed E-state index contributed by atoms with van der Waals surface area (Å²) in [5.74, 6) is 0.338. The number of allylic oxidation sites excluding steroid dienone is 1. The van der Waals surface area contributed by atoms with Crippen LogP contribution in [0.5, 0.6) is 0 Å². The minimum absolute atomic E-state index is 0.0838. The van der Waals surface area contributed by atoms with E-state index in [1.807, 2.05) is 31.2 Å². The summed E-state index contributed by atoms with van der Waals surface area (Å²) in [5, 5.41) is 3.26. The second-order valence-corrected chi connectivity index (χ2v) is 9.62. The minimum atomic E-state index is -0.643. The maximum absolute atomic E-state index is 13.5. The fourth-order valence-electron chi connectivity index (χ4n) is 4.78. The number of halogens is 1. The van der Waals surface area contributed by atoms with Gasteiger partial charge in [-0.05, 0) is 76.2 Å². The number of hydrogen-bond acceptors (Lipinski definition) is 2. The van der Waals surface area contributed by atoms with Crippen LogP contribution in [0.2, 0.25) is 0 Å². The van der Waals surface area contributed by atoms with Gasteiger partial charge in [0.15, 0.2) is 0 Å². The smallest absolute Gasteiger partial charge is 0.247 e. The summed E-state index contributed by atoms with van der Waals surface area (Å²) in [5.41, 5.74) is 3.37. The lowest BCUT2D eigenvalue weighted by molar-refractivity contribution is -0.139. The van der Waals surface area contributed by atoms with Gasteiger partial charge in [-0.1, -0.05) is 48.4 Å². The Labute approximate surface area is 192 Å². The van der Waals surface area contributed by atoms with E-state index in [0.29, 0.717) is 6.54 Å². The molecule has 0 saturated heterocycles. The van der Waals surface area contributed by atoms with Crippen LogP contribution in [0, 0.1) is 12.8 Å². The van der Waals surface area contributed by atoms with Gasteiger partial charge in [0.2, 0.25) is 11.8 Å². The van der Waals surface area contributed by atoms with Gasteiger partial charge in [0.25, 0.3) is 0 Å². The molecule has 0 radical (unpaired) electrons. The SMILES string of the molecule is Cc1ccc([C@H](C(=O)NC2CCC(C)CC2)N(CCC2=CCCCC2)C(=O)CCl)cc1. The molecule has 2 aliphatic rings. The van der Waals surface area contributed by atoms with Crippen molar-refractivity contribution in [2.75, 3.05) is 12.4 Å². The van der Waals surface area contributed by atoms with E-state index in [1.54, 1.807) is 4.90 Å². The Kier molecular flexibility index (Phi) is 9.01. The number of aryl methyl sites for hydroxylation is 1. The number of nitrogens with one attached hydrogen (secondary N) is 1. The lowest BCUT2D eigenvalue weighted by atomic mass is 9.87. The molecule has 1 atom stereocenters. The average Bonchev–Trinajstić information content (AvgIpc) is 2.79. The van der Waals surface area contributed by atoms with E-state index in [0.717, 1.165) is 62.0 Å². The van der Waals surface area contributed by atoms with Crippen LogP contribution in [0.15, 0.2) is 35.9 Å². The third-order valence-corrected chi connectivity index (χ3v) is 7.04. The largest absolute Gasteiger partial charge is 0.351 e. The number of nitrogens with zero attached hydrogens (tertiary/aromatic N) is 1. The van der Waals surface area contributed by atoms with Crippen LogP contribution in [-0.4, -0.2) is 35.2 Å². The van der Waals surface area contributed by atoms with E-state index in [-0.39, 0.29) is 23.7 Å². The summed E-state index contributed by atoms with van der Waals surface area (Å²) in [4.78, 5) is 28.1. The summed E-state index contributed by atoms with van der Waals surface area (Å²) >= 11 is 6.00. The van der Waals surface area contributed by atoms with Crippen LogP contribution in [-0.2, 0) is 9.59 Å². The first-order valence-corrected chi connectivity index (χ1v) is 12.4. The normalized spacial score (nSPS) is 22.4. The molecule has 1 aromatic carbocycles. The van der Waals surface area contributed by atoms with E-state index in [9.17, 15) is 9.59 Å². The van der Waals surface area contributed by atoms with Crippen LogP contribution in [0.1, 0.15) is 81.9 Å². The summed E-state index contributed by atoms with van der Waals surface area (Å²) in [6, 6.07) is 7.49. The zero-order valence-electron chi connectivity index (χ0n) is 19.0. The van der Waals surface area contributed by atoms with E-state index in [1.165, 1.54) is 18.4 Å². The van der Waals surface area contributed by atoms with Gasteiger partial charge in [0.05, 0.1) is 0 Å². The molecule has 170 valence electrons. The van der Waals surface area contributed by atoms with Gasteiger partial charge in [0, 0.05) is 12.6 Å². The molecule has 1 saturated carbocycles. The molecule has 1 fully saturated rings. The van der Waals surface area contributed by atoms with Crippen LogP contribution in [0.4, 0.5) is 0 Å². The highest BCUT2D eigenvalue weighted by Gasteiger charge is 2.32. The molecule has 2 aliphatic carbocycles. The standard InChI is InChI=1S/C26H37ClN2O2/c1-19-8-12-22(13-9-19)25(26(31)28-23-14-10-20(2)11-15-23)29(24(30)18-27)17-16-21-6-4-3-5-7-21/h6,8-9,12-13,20,23,25H,3-5,7,10-11,14-18H2,1-2H3,(H,28,31)/t20?,23?,25-/m1/s1. The first-order chi connectivity index (χ1) is 15.0. The van der Waals surface area contributed by atoms with E-state index < -0.39 is 6.04 Å². The van der Waals surface area contributed by atoms with Crippen molar-refractivity contribution in [1.82, 2.24) is 10.2 Å². The number of amides is 2. The molecule has 4 nitrogen and oxygen atoms in total. The molecule has 1 aromatic rings. The Balaban J connectivity index is 1.81. The molecule has 0 aliphatic heterocycles. The third kappa shape index (κ3) is 6.83. The lowest BCUT2D eigenvalue weighted by Crippen LogP contribution is -2.48. The number of carbonyl (C=O) groups excluding carboxylic acids is 2. The highest BCUT2D eigenvalue weighted by Crippen LogP contribution is 2.28. The van der Waals surface area contributed by atoms with Crippen molar-refractivity contribution >= 4 is 23.4 Å². The van der Waals surface area contributed by atoms with Crippen LogP contribution in [0.25, 0.3) is 0 Å². The predicted molar refractivity (Wildman–Crippen MR) is 127 cm³/mol. The van der Waals surface area contributed by atoms with Gasteiger partial charge in [-0.3, -0.25) is 9.59 Å². The average molecular weight is 445 g/mol. The molecule has 0 heterocycles. The van der Waals surface area contributed by atoms with Crippen molar-refractivity contribution < 1.29 is 9.59 Å². The van der Waals surface area contributed by atoms with Crippen molar-refractivity contribution in [3.05, 3.63) is 47.0 Å². The summed E-state index contributed by atoms with van der Waals surface area (Å²) in [7, 11) is 0. The van der Waals surface area contributed by atoms with Gasteiger partial charge in [-0.15, -0.1) is 11.6 Å². The Bertz CT molecular complexity index is 766.